The number of hydrogen-bond acceptors (Lipinski definition) is 6. The second kappa shape index (κ2) is 9.71. The maximum Gasteiger partial charge on any atom is 0.231 e. The Balaban J connectivity index is 1.22. The standard InChI is InChI=1S/C38H22N4O2/c1-3-10-24(11-4-1)35-40-36(25-12-5-2-6-13-25)42-37(41-35)26-19-18-23-20-21-32-33(30(23)22-26)39-38(44-32)29-16-9-15-28-27-14-7-8-17-31(27)43-34(28)29/h1-22H. The SMILES string of the molecule is c1ccc(-c2nc(-c3ccccc3)nc(-c3ccc4ccc5oc(-c6cccc7c6oc6ccccc67)nc5c4c3)n2)cc1. The van der Waals surface area contributed by atoms with Gasteiger partial charge in [0.2, 0.25) is 5.89 Å². The second-order valence-electron chi connectivity index (χ2n) is 10.7. The van der Waals surface area contributed by atoms with Gasteiger partial charge in [0.25, 0.3) is 0 Å². The Labute approximate surface area is 251 Å². The van der Waals surface area contributed by atoms with Gasteiger partial charge in [-0.05, 0) is 29.7 Å². The molecule has 0 aliphatic carbocycles. The van der Waals surface area contributed by atoms with E-state index in [9.17, 15) is 0 Å². The molecule has 9 rings (SSSR count). The minimum atomic E-state index is 0.514. The highest BCUT2D eigenvalue weighted by atomic mass is 16.4. The predicted molar refractivity (Wildman–Crippen MR) is 174 cm³/mol. The zero-order chi connectivity index (χ0) is 29.0. The van der Waals surface area contributed by atoms with Crippen LogP contribution in [0.5, 0.6) is 0 Å². The molecule has 206 valence electrons. The minimum Gasteiger partial charge on any atom is -0.455 e. The second-order valence-corrected chi connectivity index (χ2v) is 10.7. The van der Waals surface area contributed by atoms with Gasteiger partial charge in [-0.1, -0.05) is 109 Å². The van der Waals surface area contributed by atoms with Crippen LogP contribution in [0.25, 0.3) is 89.4 Å². The fourth-order valence-corrected chi connectivity index (χ4v) is 5.82. The normalized spacial score (nSPS) is 11.6. The van der Waals surface area contributed by atoms with Gasteiger partial charge in [-0.25, -0.2) is 19.9 Å². The molecule has 0 aliphatic rings. The number of rotatable bonds is 4. The van der Waals surface area contributed by atoms with E-state index in [4.69, 9.17) is 28.8 Å². The highest BCUT2D eigenvalue weighted by molar-refractivity contribution is 6.10. The minimum absolute atomic E-state index is 0.514. The Morgan fingerprint density at radius 1 is 0.409 bits per heavy atom. The van der Waals surface area contributed by atoms with Crippen LogP contribution in [0.1, 0.15) is 0 Å². The summed E-state index contributed by atoms with van der Waals surface area (Å²) in [4.78, 5) is 19.7. The molecular formula is C38H22N4O2. The molecular weight excluding hydrogens is 544 g/mol. The van der Waals surface area contributed by atoms with Gasteiger partial charge in [0.15, 0.2) is 23.1 Å². The third-order valence-electron chi connectivity index (χ3n) is 7.97. The molecule has 9 aromatic rings. The summed E-state index contributed by atoms with van der Waals surface area (Å²) in [5.41, 5.74) is 6.61. The van der Waals surface area contributed by atoms with Crippen molar-refractivity contribution in [2.24, 2.45) is 0 Å². The average Bonchev–Trinajstić information content (AvgIpc) is 3.71. The maximum absolute atomic E-state index is 6.35. The number of nitrogens with zero attached hydrogens (tertiary/aromatic N) is 4. The van der Waals surface area contributed by atoms with Crippen LogP contribution in [-0.2, 0) is 0 Å². The van der Waals surface area contributed by atoms with E-state index < -0.39 is 0 Å². The first-order valence-electron chi connectivity index (χ1n) is 14.4. The van der Waals surface area contributed by atoms with Crippen LogP contribution in [-0.4, -0.2) is 19.9 Å². The number of furan rings is 1. The number of oxazole rings is 1. The quantitative estimate of drug-likeness (QED) is 0.211. The summed E-state index contributed by atoms with van der Waals surface area (Å²) in [6.07, 6.45) is 0. The Morgan fingerprint density at radius 2 is 1.05 bits per heavy atom. The number of hydrogen-bond donors (Lipinski definition) is 0. The summed E-state index contributed by atoms with van der Waals surface area (Å²) in [5.74, 6) is 2.35. The highest BCUT2D eigenvalue weighted by Gasteiger charge is 2.18. The third kappa shape index (κ3) is 3.96. The molecule has 0 amide bonds. The lowest BCUT2D eigenvalue weighted by Crippen LogP contribution is -2.00. The summed E-state index contributed by atoms with van der Waals surface area (Å²) in [5, 5.41) is 4.10. The van der Waals surface area contributed by atoms with Gasteiger partial charge in [-0.15, -0.1) is 0 Å². The van der Waals surface area contributed by atoms with Crippen LogP contribution < -0.4 is 0 Å². The molecule has 6 aromatic carbocycles. The van der Waals surface area contributed by atoms with Crippen molar-refractivity contribution in [3.8, 4) is 45.6 Å². The van der Waals surface area contributed by atoms with Gasteiger partial charge >= 0.3 is 0 Å². The van der Waals surface area contributed by atoms with E-state index in [1.54, 1.807) is 0 Å². The molecule has 0 unspecified atom stereocenters. The van der Waals surface area contributed by atoms with E-state index in [0.29, 0.717) is 28.9 Å². The molecule has 0 saturated heterocycles. The molecule has 6 heteroatoms. The largest absolute Gasteiger partial charge is 0.455 e. The van der Waals surface area contributed by atoms with Crippen molar-refractivity contribution in [2.75, 3.05) is 0 Å². The maximum atomic E-state index is 6.35. The van der Waals surface area contributed by atoms with Crippen LogP contribution in [0, 0.1) is 0 Å². The van der Waals surface area contributed by atoms with Gasteiger partial charge in [0, 0.05) is 32.8 Å². The van der Waals surface area contributed by atoms with E-state index in [0.717, 1.165) is 60.5 Å². The zero-order valence-corrected chi connectivity index (χ0v) is 23.3. The Morgan fingerprint density at radius 3 is 1.80 bits per heavy atom. The molecule has 0 aliphatic heterocycles. The molecule has 44 heavy (non-hydrogen) atoms. The summed E-state index contributed by atoms with van der Waals surface area (Å²) >= 11 is 0. The van der Waals surface area contributed by atoms with Gasteiger partial charge in [-0.3, -0.25) is 0 Å². The number of benzene rings is 6. The smallest absolute Gasteiger partial charge is 0.231 e. The summed E-state index contributed by atoms with van der Waals surface area (Å²) in [6, 6.07) is 44.3. The van der Waals surface area contributed by atoms with Crippen molar-refractivity contribution in [3.63, 3.8) is 0 Å². The first-order chi connectivity index (χ1) is 21.8. The van der Waals surface area contributed by atoms with Crippen molar-refractivity contribution < 1.29 is 8.83 Å². The topological polar surface area (TPSA) is 77.8 Å². The fraction of sp³-hybridized carbons (Fsp3) is 0. The van der Waals surface area contributed by atoms with Gasteiger partial charge in [0.1, 0.15) is 16.7 Å². The monoisotopic (exact) mass is 566 g/mol. The molecule has 3 heterocycles. The van der Waals surface area contributed by atoms with Crippen LogP contribution >= 0.6 is 0 Å². The van der Waals surface area contributed by atoms with Crippen molar-refractivity contribution in [1.82, 2.24) is 19.9 Å². The Hall–Kier alpha value is -6.14. The van der Waals surface area contributed by atoms with Crippen LogP contribution in [0.3, 0.4) is 0 Å². The summed E-state index contributed by atoms with van der Waals surface area (Å²) < 4.78 is 12.6. The summed E-state index contributed by atoms with van der Waals surface area (Å²) in [7, 11) is 0. The van der Waals surface area contributed by atoms with Gasteiger partial charge in [0.05, 0.1) is 5.56 Å². The lowest BCUT2D eigenvalue weighted by molar-refractivity contribution is 0.615. The Kier molecular flexibility index (Phi) is 5.40. The van der Waals surface area contributed by atoms with E-state index in [1.165, 1.54) is 0 Å². The summed E-state index contributed by atoms with van der Waals surface area (Å²) in [6.45, 7) is 0. The van der Waals surface area contributed by atoms with Crippen LogP contribution in [0.15, 0.2) is 142 Å². The zero-order valence-electron chi connectivity index (χ0n) is 23.3. The third-order valence-corrected chi connectivity index (χ3v) is 7.97. The van der Waals surface area contributed by atoms with Crippen molar-refractivity contribution in [2.45, 2.75) is 0 Å². The number of para-hydroxylation sites is 2. The highest BCUT2D eigenvalue weighted by Crippen LogP contribution is 2.38. The molecule has 3 aromatic heterocycles. The average molecular weight is 567 g/mol. The van der Waals surface area contributed by atoms with Gasteiger partial charge < -0.3 is 8.83 Å². The van der Waals surface area contributed by atoms with Gasteiger partial charge in [-0.2, -0.15) is 0 Å². The molecule has 0 saturated carbocycles. The molecule has 0 atom stereocenters. The van der Waals surface area contributed by atoms with Crippen molar-refractivity contribution in [3.05, 3.63) is 133 Å². The molecule has 0 spiro atoms. The predicted octanol–water partition coefficient (Wildman–Crippen LogP) is 9.73. The molecule has 6 nitrogen and oxygen atoms in total. The van der Waals surface area contributed by atoms with E-state index in [1.807, 2.05) is 103 Å². The first kappa shape index (κ1) is 24.5. The van der Waals surface area contributed by atoms with E-state index >= 15 is 0 Å². The molecule has 0 fully saturated rings. The molecule has 0 radical (unpaired) electrons. The lowest BCUT2D eigenvalue weighted by atomic mass is 10.0. The Bertz CT molecular complexity index is 2440. The van der Waals surface area contributed by atoms with Crippen LogP contribution in [0.2, 0.25) is 0 Å². The number of fused-ring (bicyclic) bond motifs is 6. The lowest BCUT2D eigenvalue weighted by Gasteiger charge is -2.09. The first-order valence-corrected chi connectivity index (χ1v) is 14.4. The van der Waals surface area contributed by atoms with E-state index in [-0.39, 0.29) is 0 Å². The van der Waals surface area contributed by atoms with Crippen molar-refractivity contribution in [1.29, 1.82) is 0 Å². The van der Waals surface area contributed by atoms with E-state index in [2.05, 4.69) is 30.3 Å². The molecule has 0 N–H and O–H groups in total. The van der Waals surface area contributed by atoms with Crippen molar-refractivity contribution >= 4 is 43.8 Å². The fourth-order valence-electron chi connectivity index (χ4n) is 5.82. The number of aromatic nitrogens is 4. The molecule has 0 bridgehead atoms. The van der Waals surface area contributed by atoms with Crippen LogP contribution in [0.4, 0.5) is 0 Å².